The summed E-state index contributed by atoms with van der Waals surface area (Å²) in [6.45, 7) is 6.36. The molecular weight excluding hydrogens is 220 g/mol. The van der Waals surface area contributed by atoms with Crippen molar-refractivity contribution in [2.75, 3.05) is 11.9 Å². The van der Waals surface area contributed by atoms with Crippen molar-refractivity contribution < 1.29 is 4.92 Å². The van der Waals surface area contributed by atoms with Crippen LogP contribution in [0.5, 0.6) is 0 Å². The van der Waals surface area contributed by atoms with E-state index in [0.717, 1.165) is 0 Å². The molecule has 0 aliphatic heterocycles. The van der Waals surface area contributed by atoms with E-state index in [9.17, 15) is 10.1 Å². The number of hydrogen-bond acceptors (Lipinski definition) is 5. The van der Waals surface area contributed by atoms with Crippen LogP contribution in [0, 0.1) is 16.0 Å². The molecule has 0 aliphatic carbocycles. The first kappa shape index (κ1) is 13.4. The molecule has 1 aromatic heterocycles. The summed E-state index contributed by atoms with van der Waals surface area (Å²) in [5.74, 6) is 0.0696. The van der Waals surface area contributed by atoms with E-state index in [1.54, 1.807) is 12.1 Å². The van der Waals surface area contributed by atoms with E-state index in [1.165, 1.54) is 6.20 Å². The molecule has 0 saturated carbocycles. The highest BCUT2D eigenvalue weighted by atomic mass is 16.6. The lowest BCUT2D eigenvalue weighted by Gasteiger charge is -2.34. The third kappa shape index (κ3) is 2.91. The monoisotopic (exact) mass is 238 g/mol. The van der Waals surface area contributed by atoms with Crippen LogP contribution in [-0.4, -0.2) is 22.0 Å². The second kappa shape index (κ2) is 5.09. The van der Waals surface area contributed by atoms with Crippen molar-refractivity contribution in [1.29, 1.82) is 0 Å². The lowest BCUT2D eigenvalue weighted by molar-refractivity contribution is -0.388. The Morgan fingerprint density at radius 1 is 1.65 bits per heavy atom. The average molecular weight is 238 g/mol. The number of nitrogens with zero attached hydrogens (tertiary/aromatic N) is 2. The van der Waals surface area contributed by atoms with Crippen LogP contribution in [0.1, 0.15) is 20.8 Å². The molecule has 0 bridgehead atoms. The third-order valence-corrected chi connectivity index (χ3v) is 3.08. The number of pyridine rings is 1. The fourth-order valence-electron chi connectivity index (χ4n) is 1.38. The van der Waals surface area contributed by atoms with Gasteiger partial charge in [0.25, 0.3) is 0 Å². The number of nitro groups is 1. The second-order valence-corrected chi connectivity index (χ2v) is 4.53. The SMILES string of the molecule is CC(C)C(C)(CN)Nc1cccnc1[N+](=O)[O-]. The van der Waals surface area contributed by atoms with Gasteiger partial charge in [0.15, 0.2) is 0 Å². The molecule has 0 radical (unpaired) electrons. The zero-order valence-corrected chi connectivity index (χ0v) is 10.3. The number of hydrogen-bond donors (Lipinski definition) is 2. The molecular formula is C11H18N4O2. The largest absolute Gasteiger partial charge is 0.386 e. The first-order chi connectivity index (χ1) is 7.90. The summed E-state index contributed by atoms with van der Waals surface area (Å²) < 4.78 is 0. The summed E-state index contributed by atoms with van der Waals surface area (Å²) in [7, 11) is 0. The van der Waals surface area contributed by atoms with E-state index in [2.05, 4.69) is 10.3 Å². The van der Waals surface area contributed by atoms with Gasteiger partial charge in [-0.15, -0.1) is 0 Å². The highest BCUT2D eigenvalue weighted by Gasteiger charge is 2.29. The first-order valence-corrected chi connectivity index (χ1v) is 5.48. The van der Waals surface area contributed by atoms with Crippen molar-refractivity contribution in [2.24, 2.45) is 11.7 Å². The second-order valence-electron chi connectivity index (χ2n) is 4.53. The predicted octanol–water partition coefficient (Wildman–Crippen LogP) is 1.78. The van der Waals surface area contributed by atoms with Crippen molar-refractivity contribution in [3.63, 3.8) is 0 Å². The van der Waals surface area contributed by atoms with Gasteiger partial charge in [-0.2, -0.15) is 0 Å². The maximum absolute atomic E-state index is 10.8. The Kier molecular flexibility index (Phi) is 4.01. The van der Waals surface area contributed by atoms with E-state index in [-0.39, 0.29) is 11.7 Å². The Morgan fingerprint density at radius 2 is 2.29 bits per heavy atom. The van der Waals surface area contributed by atoms with E-state index in [1.807, 2.05) is 20.8 Å². The number of anilines is 1. The molecule has 0 amide bonds. The summed E-state index contributed by atoms with van der Waals surface area (Å²) in [4.78, 5) is 14.1. The van der Waals surface area contributed by atoms with Crippen molar-refractivity contribution in [3.05, 3.63) is 28.4 Å². The topological polar surface area (TPSA) is 94.1 Å². The molecule has 1 aromatic rings. The van der Waals surface area contributed by atoms with Crippen LogP contribution in [-0.2, 0) is 0 Å². The maximum atomic E-state index is 10.8. The number of rotatable bonds is 5. The standard InChI is InChI=1S/C11H18N4O2/c1-8(2)11(3,7-12)14-9-5-4-6-13-10(9)15(16)17/h4-6,8,14H,7,12H2,1-3H3. The Bertz CT molecular complexity index is 408. The highest BCUT2D eigenvalue weighted by molar-refractivity contribution is 5.58. The van der Waals surface area contributed by atoms with Gasteiger partial charge in [-0.05, 0) is 34.9 Å². The van der Waals surface area contributed by atoms with E-state index < -0.39 is 10.5 Å². The lowest BCUT2D eigenvalue weighted by Crippen LogP contribution is -2.47. The zero-order valence-electron chi connectivity index (χ0n) is 10.3. The summed E-state index contributed by atoms with van der Waals surface area (Å²) in [5, 5.41) is 14.0. The van der Waals surface area contributed by atoms with Crippen molar-refractivity contribution >= 4 is 11.5 Å². The fourth-order valence-corrected chi connectivity index (χ4v) is 1.38. The smallest absolute Gasteiger partial charge is 0.371 e. The maximum Gasteiger partial charge on any atom is 0.386 e. The van der Waals surface area contributed by atoms with Gasteiger partial charge in [0.05, 0.1) is 0 Å². The van der Waals surface area contributed by atoms with Crippen molar-refractivity contribution in [3.8, 4) is 0 Å². The lowest BCUT2D eigenvalue weighted by atomic mass is 9.88. The molecule has 1 unspecified atom stereocenters. The van der Waals surface area contributed by atoms with Gasteiger partial charge in [0.2, 0.25) is 0 Å². The summed E-state index contributed by atoms with van der Waals surface area (Å²) in [6, 6.07) is 3.30. The van der Waals surface area contributed by atoms with Crippen LogP contribution in [0.2, 0.25) is 0 Å². The number of nitrogens with two attached hydrogens (primary N) is 1. The van der Waals surface area contributed by atoms with Crippen molar-refractivity contribution in [2.45, 2.75) is 26.3 Å². The summed E-state index contributed by atoms with van der Waals surface area (Å²) in [6.07, 6.45) is 1.40. The minimum absolute atomic E-state index is 0.173. The molecule has 1 heterocycles. The van der Waals surface area contributed by atoms with Crippen LogP contribution in [0.15, 0.2) is 18.3 Å². The summed E-state index contributed by atoms with van der Waals surface area (Å²) >= 11 is 0. The van der Waals surface area contributed by atoms with Crippen LogP contribution >= 0.6 is 0 Å². The van der Waals surface area contributed by atoms with E-state index in [0.29, 0.717) is 12.2 Å². The van der Waals surface area contributed by atoms with Gasteiger partial charge in [-0.1, -0.05) is 13.8 Å². The molecule has 1 rings (SSSR count). The molecule has 94 valence electrons. The fraction of sp³-hybridized carbons (Fsp3) is 0.545. The first-order valence-electron chi connectivity index (χ1n) is 5.48. The van der Waals surface area contributed by atoms with Crippen LogP contribution < -0.4 is 11.1 Å². The molecule has 0 aliphatic rings. The van der Waals surface area contributed by atoms with E-state index in [4.69, 9.17) is 5.73 Å². The molecule has 0 saturated heterocycles. The van der Waals surface area contributed by atoms with Crippen LogP contribution in [0.3, 0.4) is 0 Å². The Labute approximate surface area is 100 Å². The Balaban J connectivity index is 3.06. The minimum Gasteiger partial charge on any atom is -0.371 e. The molecule has 0 spiro atoms. The van der Waals surface area contributed by atoms with Crippen molar-refractivity contribution in [1.82, 2.24) is 4.98 Å². The molecule has 0 fully saturated rings. The molecule has 1 atom stereocenters. The Hall–Kier alpha value is -1.69. The van der Waals surface area contributed by atoms with Crippen LogP contribution in [0.25, 0.3) is 0 Å². The predicted molar refractivity (Wildman–Crippen MR) is 66.8 cm³/mol. The zero-order chi connectivity index (χ0) is 13.1. The molecule has 6 nitrogen and oxygen atoms in total. The van der Waals surface area contributed by atoms with E-state index >= 15 is 0 Å². The van der Waals surface area contributed by atoms with Gasteiger partial charge < -0.3 is 21.2 Å². The minimum atomic E-state index is -0.500. The quantitative estimate of drug-likeness (QED) is 0.602. The number of nitrogens with one attached hydrogen (secondary N) is 1. The third-order valence-electron chi connectivity index (χ3n) is 3.08. The molecule has 0 aromatic carbocycles. The number of aromatic nitrogens is 1. The normalized spacial score (nSPS) is 14.4. The van der Waals surface area contributed by atoms with Gasteiger partial charge in [-0.3, -0.25) is 0 Å². The van der Waals surface area contributed by atoms with Gasteiger partial charge in [0.1, 0.15) is 11.9 Å². The average Bonchev–Trinajstić information content (AvgIpc) is 2.29. The van der Waals surface area contributed by atoms with Gasteiger partial charge in [-0.25, -0.2) is 0 Å². The summed E-state index contributed by atoms with van der Waals surface area (Å²) in [5.41, 5.74) is 5.74. The highest BCUT2D eigenvalue weighted by Crippen LogP contribution is 2.27. The van der Waals surface area contributed by atoms with Crippen LogP contribution in [0.4, 0.5) is 11.5 Å². The molecule has 3 N–H and O–H groups in total. The van der Waals surface area contributed by atoms with Gasteiger partial charge in [0, 0.05) is 12.1 Å². The molecule has 17 heavy (non-hydrogen) atoms. The Morgan fingerprint density at radius 3 is 2.76 bits per heavy atom. The molecule has 6 heteroatoms. The van der Waals surface area contributed by atoms with Gasteiger partial charge >= 0.3 is 5.82 Å².